The molecule has 2 aromatic rings. The van der Waals surface area contributed by atoms with Crippen LogP contribution in [0.15, 0.2) is 48.5 Å². The molecule has 4 rings (SSSR count). The summed E-state index contributed by atoms with van der Waals surface area (Å²) in [6.07, 6.45) is -3.25. The molecule has 0 radical (unpaired) electrons. The maximum absolute atomic E-state index is 12.1. The van der Waals surface area contributed by atoms with Crippen LogP contribution in [0.2, 0.25) is 5.02 Å². The van der Waals surface area contributed by atoms with Gasteiger partial charge in [-0.05, 0) is 55.0 Å². The number of likely N-dealkylation sites (tertiary alicyclic amines) is 1. The Morgan fingerprint density at radius 1 is 1.05 bits per heavy atom. The van der Waals surface area contributed by atoms with Gasteiger partial charge in [0.05, 0.1) is 32.0 Å². The molecule has 2 aliphatic rings. The van der Waals surface area contributed by atoms with Gasteiger partial charge in [-0.25, -0.2) is 0 Å². The van der Waals surface area contributed by atoms with Crippen molar-refractivity contribution in [2.45, 2.75) is 37.3 Å². The van der Waals surface area contributed by atoms with E-state index in [9.17, 15) is 20.1 Å². The molecule has 3 unspecified atom stereocenters. The number of aliphatic hydroxyl groups is 4. The molecular weight excluding hydrogens is 504 g/mol. The lowest BCUT2D eigenvalue weighted by molar-refractivity contribution is -0.125. The lowest BCUT2D eigenvalue weighted by Gasteiger charge is -2.33. The molecule has 5 atom stereocenters. The molecule has 2 aromatic carbocycles. The molecule has 2 aliphatic heterocycles. The van der Waals surface area contributed by atoms with Gasteiger partial charge < -0.3 is 45.4 Å². The van der Waals surface area contributed by atoms with Crippen LogP contribution in [0, 0.1) is 0 Å². The fourth-order valence-corrected chi connectivity index (χ4v) is 4.56. The van der Waals surface area contributed by atoms with Crippen molar-refractivity contribution in [3.8, 4) is 0 Å². The number of nitrogens with zero attached hydrogens (tertiary/aromatic N) is 2. The molecule has 0 saturated carbocycles. The summed E-state index contributed by atoms with van der Waals surface area (Å²) in [7, 11) is 0. The Hall–Kier alpha value is -2.48. The Bertz CT molecular complexity index is 1010. The monoisotopic (exact) mass is 536 g/mol. The molecule has 2 heterocycles. The molecule has 2 saturated heterocycles. The van der Waals surface area contributed by atoms with Crippen LogP contribution in [-0.2, 0) is 14.3 Å². The molecule has 6 N–H and O–H groups in total. The Balaban J connectivity index is 1.43. The van der Waals surface area contributed by atoms with Gasteiger partial charge in [-0.3, -0.25) is 9.69 Å². The van der Waals surface area contributed by atoms with E-state index in [1.165, 1.54) is 0 Å². The topological polar surface area (TPSA) is 147 Å². The number of benzene rings is 2. The Morgan fingerprint density at radius 2 is 1.73 bits per heavy atom. The molecule has 0 bridgehead atoms. The average molecular weight is 537 g/mol. The molecule has 12 heteroatoms. The van der Waals surface area contributed by atoms with Crippen molar-refractivity contribution in [1.82, 2.24) is 4.90 Å². The number of hydrogen-bond acceptors (Lipinski definition) is 10. The van der Waals surface area contributed by atoms with Crippen molar-refractivity contribution in [3.63, 3.8) is 0 Å². The highest BCUT2D eigenvalue weighted by molar-refractivity contribution is 6.30. The highest BCUT2D eigenvalue weighted by Crippen LogP contribution is 2.28. The van der Waals surface area contributed by atoms with E-state index >= 15 is 0 Å². The van der Waals surface area contributed by atoms with Crippen LogP contribution in [0.1, 0.15) is 6.42 Å². The first-order valence-corrected chi connectivity index (χ1v) is 12.5. The number of aliphatic hydroxyl groups excluding tert-OH is 4. The first-order chi connectivity index (χ1) is 17.8. The summed E-state index contributed by atoms with van der Waals surface area (Å²) in [5.41, 5.74) is 2.03. The fourth-order valence-electron chi connectivity index (χ4n) is 4.44. The summed E-state index contributed by atoms with van der Waals surface area (Å²) in [6.45, 7) is 0.816. The van der Waals surface area contributed by atoms with Crippen molar-refractivity contribution in [1.29, 1.82) is 0 Å². The number of ether oxygens (including phenoxy) is 2. The van der Waals surface area contributed by atoms with Crippen LogP contribution in [0.4, 0.5) is 17.1 Å². The summed E-state index contributed by atoms with van der Waals surface area (Å²) in [5.74, 6) is -0.104. The highest BCUT2D eigenvalue weighted by Gasteiger charge is 2.40. The van der Waals surface area contributed by atoms with Crippen molar-refractivity contribution < 1.29 is 34.7 Å². The standard InChI is InChI=1S/C25H33ClN4O7/c26-16-1-3-18(4-2-16)28-25(35)30-12-21(37-14-20(32)13-31)11-22(30)24(34)27-17-5-7-19(8-6-17)29-9-10-36-15-23(29)33/h1-8,20-22,24-25,27-28,31-32,34-35H,9-15H2/t20?,21-,22-,24?,25?/m1/s1. The van der Waals surface area contributed by atoms with Crippen molar-refractivity contribution in [3.05, 3.63) is 53.6 Å². The van der Waals surface area contributed by atoms with Crippen LogP contribution in [0.5, 0.6) is 0 Å². The molecule has 0 spiro atoms. The van der Waals surface area contributed by atoms with Gasteiger partial charge in [-0.2, -0.15) is 0 Å². The minimum atomic E-state index is -1.14. The number of nitrogens with one attached hydrogen (secondary N) is 2. The summed E-state index contributed by atoms with van der Waals surface area (Å²) in [5, 5.41) is 47.4. The number of hydrogen-bond donors (Lipinski definition) is 6. The van der Waals surface area contributed by atoms with Crippen LogP contribution < -0.4 is 15.5 Å². The third-order valence-corrected chi connectivity index (χ3v) is 6.63. The first-order valence-electron chi connectivity index (χ1n) is 12.1. The third-order valence-electron chi connectivity index (χ3n) is 6.38. The van der Waals surface area contributed by atoms with Gasteiger partial charge in [0.1, 0.15) is 18.9 Å². The molecule has 1 amide bonds. The van der Waals surface area contributed by atoms with Gasteiger partial charge in [0.15, 0.2) is 6.35 Å². The highest BCUT2D eigenvalue weighted by atomic mass is 35.5. The Kier molecular flexibility index (Phi) is 9.57. The Morgan fingerprint density at radius 3 is 2.41 bits per heavy atom. The van der Waals surface area contributed by atoms with Crippen molar-refractivity contribution in [2.75, 3.05) is 55.1 Å². The second-order valence-electron chi connectivity index (χ2n) is 9.05. The van der Waals surface area contributed by atoms with Crippen LogP contribution >= 0.6 is 11.6 Å². The predicted molar refractivity (Wildman–Crippen MR) is 138 cm³/mol. The molecule has 202 valence electrons. The van der Waals surface area contributed by atoms with Crippen molar-refractivity contribution >= 4 is 34.6 Å². The maximum Gasteiger partial charge on any atom is 0.253 e. The molecule has 37 heavy (non-hydrogen) atoms. The smallest absolute Gasteiger partial charge is 0.253 e. The summed E-state index contributed by atoms with van der Waals surface area (Å²) in [4.78, 5) is 15.4. The molecular formula is C25H33ClN4O7. The summed E-state index contributed by atoms with van der Waals surface area (Å²) >= 11 is 5.95. The molecule has 11 nitrogen and oxygen atoms in total. The molecule has 0 aromatic heterocycles. The van der Waals surface area contributed by atoms with E-state index in [-0.39, 0.29) is 31.8 Å². The second kappa shape index (κ2) is 12.9. The van der Waals surface area contributed by atoms with Crippen molar-refractivity contribution in [2.24, 2.45) is 0 Å². The van der Waals surface area contributed by atoms with Gasteiger partial charge in [-0.15, -0.1) is 0 Å². The number of anilines is 3. The first kappa shape index (κ1) is 27.6. The number of rotatable bonds is 11. The molecule has 2 fully saturated rings. The minimum absolute atomic E-state index is 0.0567. The van der Waals surface area contributed by atoms with Crippen LogP contribution in [0.25, 0.3) is 0 Å². The van der Waals surface area contributed by atoms with E-state index in [0.29, 0.717) is 36.0 Å². The van der Waals surface area contributed by atoms with E-state index < -0.39 is 31.3 Å². The van der Waals surface area contributed by atoms with Crippen LogP contribution in [-0.4, -0.2) is 102 Å². The lowest BCUT2D eigenvalue weighted by Crippen LogP contribution is -2.50. The average Bonchev–Trinajstić information content (AvgIpc) is 3.34. The van der Waals surface area contributed by atoms with Gasteiger partial charge in [0.2, 0.25) is 0 Å². The van der Waals surface area contributed by atoms with E-state index in [4.69, 9.17) is 26.2 Å². The normalized spacial score (nSPS) is 23.1. The van der Waals surface area contributed by atoms with E-state index in [0.717, 1.165) is 5.69 Å². The zero-order valence-corrected chi connectivity index (χ0v) is 21.0. The van der Waals surface area contributed by atoms with E-state index in [2.05, 4.69) is 10.6 Å². The summed E-state index contributed by atoms with van der Waals surface area (Å²) < 4.78 is 10.9. The number of carbonyl (C=O) groups excluding carboxylic acids is 1. The van der Waals surface area contributed by atoms with Gasteiger partial charge in [0.25, 0.3) is 5.91 Å². The van der Waals surface area contributed by atoms with Gasteiger partial charge in [0, 0.05) is 35.2 Å². The van der Waals surface area contributed by atoms with E-state index in [1.807, 2.05) is 0 Å². The SMILES string of the molecule is O=C1COCCN1c1ccc(NC(O)[C@H]2C[C@@H](OCC(O)CO)CN2C(O)Nc2ccc(Cl)cc2)cc1. The second-order valence-corrected chi connectivity index (χ2v) is 9.49. The number of morpholine rings is 1. The maximum atomic E-state index is 12.1. The zero-order valence-electron chi connectivity index (χ0n) is 20.2. The predicted octanol–water partition coefficient (Wildman–Crippen LogP) is 0.634. The fraction of sp³-hybridized carbons (Fsp3) is 0.480. The van der Waals surface area contributed by atoms with Crippen LogP contribution in [0.3, 0.4) is 0 Å². The quantitative estimate of drug-likeness (QED) is 0.226. The zero-order chi connectivity index (χ0) is 26.4. The largest absolute Gasteiger partial charge is 0.394 e. The van der Waals surface area contributed by atoms with Gasteiger partial charge in [-0.1, -0.05) is 11.6 Å². The molecule has 0 aliphatic carbocycles. The van der Waals surface area contributed by atoms with E-state index in [1.54, 1.807) is 58.3 Å². The number of carbonyl (C=O) groups is 1. The summed E-state index contributed by atoms with van der Waals surface area (Å²) in [6, 6.07) is 13.5. The Labute approximate surface area is 220 Å². The third kappa shape index (κ3) is 7.30. The number of amides is 1. The lowest BCUT2D eigenvalue weighted by atomic mass is 10.1. The minimum Gasteiger partial charge on any atom is -0.394 e. The van der Waals surface area contributed by atoms with Gasteiger partial charge >= 0.3 is 0 Å². The number of halogens is 1.